The zero-order valence-corrected chi connectivity index (χ0v) is 14.4. The van der Waals surface area contributed by atoms with Gasteiger partial charge in [-0.1, -0.05) is 6.92 Å². The van der Waals surface area contributed by atoms with E-state index < -0.39 is 35.7 Å². The molecule has 0 aliphatic heterocycles. The van der Waals surface area contributed by atoms with Crippen molar-refractivity contribution >= 4 is 11.9 Å². The highest BCUT2D eigenvalue weighted by atomic mass is 19.4. The number of carbonyl (C=O) groups is 2. The molecule has 1 N–H and O–H groups in total. The van der Waals surface area contributed by atoms with E-state index in [1.807, 2.05) is 6.92 Å². The number of carbonyl (C=O) groups excluding carboxylic acids is 2. The molecule has 1 rings (SSSR count). The quantitative estimate of drug-likeness (QED) is 0.619. The number of benzene rings is 1. The molecule has 0 radical (unpaired) electrons. The van der Waals surface area contributed by atoms with Crippen molar-refractivity contribution in [2.24, 2.45) is 5.41 Å². The van der Waals surface area contributed by atoms with Crippen molar-refractivity contribution in [2.75, 3.05) is 6.61 Å². The summed E-state index contributed by atoms with van der Waals surface area (Å²) in [6.45, 7) is 4.59. The Labute approximate surface area is 143 Å². The van der Waals surface area contributed by atoms with E-state index in [1.54, 1.807) is 13.8 Å². The molecule has 1 unspecified atom stereocenters. The van der Waals surface area contributed by atoms with Gasteiger partial charge in [0.15, 0.2) is 5.60 Å². The van der Waals surface area contributed by atoms with Gasteiger partial charge in [0.2, 0.25) is 0 Å². The number of halogens is 3. The summed E-state index contributed by atoms with van der Waals surface area (Å²) in [6.07, 6.45) is -4.34. The standard InChI is InChI=1S/C17H21F3O5/c1-5-15(2,3)14(22)25-12-8-6-11(7-9-12)13(21)24-10-16(4,23)17(18,19)20/h6-9,23H,5,10H2,1-4H3. The smallest absolute Gasteiger partial charge is 0.420 e. The highest BCUT2D eigenvalue weighted by Crippen LogP contribution is 2.30. The predicted molar refractivity (Wildman–Crippen MR) is 83.1 cm³/mol. The molecule has 5 nitrogen and oxygen atoms in total. The van der Waals surface area contributed by atoms with Crippen LogP contribution in [0.25, 0.3) is 0 Å². The van der Waals surface area contributed by atoms with Crippen molar-refractivity contribution in [1.29, 1.82) is 0 Å². The van der Waals surface area contributed by atoms with Crippen LogP contribution >= 0.6 is 0 Å². The van der Waals surface area contributed by atoms with Crippen molar-refractivity contribution in [3.05, 3.63) is 29.8 Å². The maximum Gasteiger partial charge on any atom is 0.420 e. The third kappa shape index (κ3) is 5.45. The van der Waals surface area contributed by atoms with Gasteiger partial charge in [0.25, 0.3) is 0 Å². The summed E-state index contributed by atoms with van der Waals surface area (Å²) >= 11 is 0. The fraction of sp³-hybridized carbons (Fsp3) is 0.529. The highest BCUT2D eigenvalue weighted by Gasteiger charge is 2.51. The summed E-state index contributed by atoms with van der Waals surface area (Å²) in [6, 6.07) is 5.18. The lowest BCUT2D eigenvalue weighted by Gasteiger charge is -2.25. The van der Waals surface area contributed by atoms with Crippen LogP contribution < -0.4 is 4.74 Å². The van der Waals surface area contributed by atoms with E-state index in [9.17, 15) is 27.9 Å². The van der Waals surface area contributed by atoms with Gasteiger partial charge in [0, 0.05) is 0 Å². The lowest BCUT2D eigenvalue weighted by Crippen LogP contribution is -2.46. The van der Waals surface area contributed by atoms with E-state index in [-0.39, 0.29) is 11.3 Å². The van der Waals surface area contributed by atoms with Crippen molar-refractivity contribution in [2.45, 2.75) is 45.9 Å². The SMILES string of the molecule is CCC(C)(C)C(=O)Oc1ccc(C(=O)OCC(C)(O)C(F)(F)F)cc1. The van der Waals surface area contributed by atoms with Crippen molar-refractivity contribution in [3.63, 3.8) is 0 Å². The monoisotopic (exact) mass is 362 g/mol. The van der Waals surface area contributed by atoms with Crippen LogP contribution in [0, 0.1) is 5.41 Å². The summed E-state index contributed by atoms with van der Waals surface area (Å²) in [5.74, 6) is -1.27. The van der Waals surface area contributed by atoms with Gasteiger partial charge in [-0.15, -0.1) is 0 Å². The molecule has 0 saturated carbocycles. The summed E-state index contributed by atoms with van der Waals surface area (Å²) in [7, 11) is 0. The minimum atomic E-state index is -4.92. The fourth-order valence-electron chi connectivity index (χ4n) is 1.42. The summed E-state index contributed by atoms with van der Waals surface area (Å²) in [5.41, 5.74) is -3.84. The number of esters is 2. The van der Waals surface area contributed by atoms with Crippen LogP contribution in [0.1, 0.15) is 44.5 Å². The van der Waals surface area contributed by atoms with Crippen LogP contribution in [0.3, 0.4) is 0 Å². The molecule has 0 bridgehead atoms. The first kappa shape index (κ1) is 21.0. The number of hydrogen-bond donors (Lipinski definition) is 1. The summed E-state index contributed by atoms with van der Waals surface area (Å²) in [4.78, 5) is 23.7. The Morgan fingerprint density at radius 3 is 2.04 bits per heavy atom. The Kier molecular flexibility index (Phi) is 6.23. The lowest BCUT2D eigenvalue weighted by atomic mass is 9.91. The Morgan fingerprint density at radius 2 is 1.60 bits per heavy atom. The Balaban J connectivity index is 2.70. The predicted octanol–water partition coefficient (Wildman–Crippen LogP) is 3.50. The van der Waals surface area contributed by atoms with Crippen molar-refractivity contribution in [3.8, 4) is 5.75 Å². The molecule has 1 atom stereocenters. The maximum absolute atomic E-state index is 12.5. The molecular formula is C17H21F3O5. The molecular weight excluding hydrogens is 341 g/mol. The van der Waals surface area contributed by atoms with Crippen LogP contribution in [-0.4, -0.2) is 35.4 Å². The van der Waals surface area contributed by atoms with E-state index in [0.717, 1.165) is 0 Å². The van der Waals surface area contributed by atoms with E-state index in [2.05, 4.69) is 4.74 Å². The van der Waals surface area contributed by atoms with Crippen LogP contribution in [-0.2, 0) is 9.53 Å². The van der Waals surface area contributed by atoms with E-state index in [0.29, 0.717) is 13.3 Å². The number of alkyl halides is 3. The third-order valence-corrected chi connectivity index (χ3v) is 3.83. The van der Waals surface area contributed by atoms with Crippen molar-refractivity contribution < 1.29 is 37.3 Å². The largest absolute Gasteiger partial charge is 0.459 e. The van der Waals surface area contributed by atoms with Crippen LogP contribution in [0.4, 0.5) is 13.2 Å². The molecule has 8 heteroatoms. The average molecular weight is 362 g/mol. The van der Waals surface area contributed by atoms with E-state index >= 15 is 0 Å². The van der Waals surface area contributed by atoms with Gasteiger partial charge in [-0.25, -0.2) is 4.79 Å². The Morgan fingerprint density at radius 1 is 1.08 bits per heavy atom. The van der Waals surface area contributed by atoms with E-state index in [4.69, 9.17) is 4.74 Å². The molecule has 0 fully saturated rings. The van der Waals surface area contributed by atoms with Gasteiger partial charge in [0.05, 0.1) is 11.0 Å². The van der Waals surface area contributed by atoms with Crippen molar-refractivity contribution in [1.82, 2.24) is 0 Å². The van der Waals surface area contributed by atoms with Crippen LogP contribution in [0.15, 0.2) is 24.3 Å². The molecule has 0 aromatic heterocycles. The lowest BCUT2D eigenvalue weighted by molar-refractivity contribution is -0.262. The average Bonchev–Trinajstić information content (AvgIpc) is 2.52. The molecule has 1 aromatic rings. The Bertz CT molecular complexity index is 618. The first-order chi connectivity index (χ1) is 11.3. The highest BCUT2D eigenvalue weighted by molar-refractivity contribution is 5.89. The second-order valence-electron chi connectivity index (χ2n) is 6.50. The minimum absolute atomic E-state index is 0.0347. The van der Waals surface area contributed by atoms with E-state index in [1.165, 1.54) is 24.3 Å². The fourth-order valence-corrected chi connectivity index (χ4v) is 1.42. The number of ether oxygens (including phenoxy) is 2. The molecule has 0 spiro atoms. The summed E-state index contributed by atoms with van der Waals surface area (Å²) < 4.78 is 47.2. The molecule has 0 amide bonds. The number of rotatable bonds is 6. The first-order valence-corrected chi connectivity index (χ1v) is 7.59. The molecule has 0 aliphatic carbocycles. The maximum atomic E-state index is 12.5. The molecule has 0 aliphatic rings. The first-order valence-electron chi connectivity index (χ1n) is 7.59. The molecule has 0 heterocycles. The van der Waals surface area contributed by atoms with Crippen LogP contribution in [0.5, 0.6) is 5.75 Å². The van der Waals surface area contributed by atoms with Gasteiger partial charge in [-0.05, 0) is 51.5 Å². The molecule has 1 aromatic carbocycles. The normalized spacial score (nSPS) is 14.6. The molecule has 140 valence electrons. The topological polar surface area (TPSA) is 72.8 Å². The van der Waals surface area contributed by atoms with Gasteiger partial charge in [0.1, 0.15) is 12.4 Å². The third-order valence-electron chi connectivity index (χ3n) is 3.83. The summed E-state index contributed by atoms with van der Waals surface area (Å²) in [5, 5.41) is 9.23. The minimum Gasteiger partial charge on any atom is -0.459 e. The van der Waals surface area contributed by atoms with Gasteiger partial charge in [-0.2, -0.15) is 13.2 Å². The second-order valence-corrected chi connectivity index (χ2v) is 6.50. The van der Waals surface area contributed by atoms with Gasteiger partial charge < -0.3 is 14.6 Å². The van der Waals surface area contributed by atoms with Gasteiger partial charge in [-0.3, -0.25) is 4.79 Å². The second kappa shape index (κ2) is 7.43. The molecule has 25 heavy (non-hydrogen) atoms. The number of hydrogen-bond acceptors (Lipinski definition) is 5. The Hall–Kier alpha value is -2.09. The zero-order chi connectivity index (χ0) is 19.5. The van der Waals surface area contributed by atoms with Crippen LogP contribution in [0.2, 0.25) is 0 Å². The van der Waals surface area contributed by atoms with Gasteiger partial charge >= 0.3 is 18.1 Å². The molecule has 0 saturated heterocycles. The number of aliphatic hydroxyl groups is 1. The zero-order valence-electron chi connectivity index (χ0n) is 14.4.